The number of aromatic nitrogens is 1. The van der Waals surface area contributed by atoms with Gasteiger partial charge in [0.2, 0.25) is 5.88 Å². The molecule has 3 fully saturated rings. The third kappa shape index (κ3) is 3.23. The molecule has 4 aliphatic rings. The van der Waals surface area contributed by atoms with E-state index in [4.69, 9.17) is 21.1 Å². The number of pyridine rings is 1. The van der Waals surface area contributed by atoms with Crippen LogP contribution in [0, 0.1) is 5.41 Å². The van der Waals surface area contributed by atoms with Crippen LogP contribution in [-0.4, -0.2) is 67.3 Å². The minimum Gasteiger partial charge on any atom is -0.490 e. The summed E-state index contributed by atoms with van der Waals surface area (Å²) in [7, 11) is 1.62. The van der Waals surface area contributed by atoms with E-state index in [9.17, 15) is 4.79 Å². The van der Waals surface area contributed by atoms with Gasteiger partial charge in [-0.3, -0.25) is 4.90 Å². The largest absolute Gasteiger partial charge is 0.490 e. The molecule has 8 heteroatoms. The van der Waals surface area contributed by atoms with Crippen LogP contribution in [0.4, 0.5) is 10.6 Å². The van der Waals surface area contributed by atoms with Crippen molar-refractivity contribution in [2.24, 2.45) is 5.41 Å². The summed E-state index contributed by atoms with van der Waals surface area (Å²) in [5.41, 5.74) is 0.973. The molecule has 3 saturated heterocycles. The molecule has 0 N–H and O–H groups in total. The number of hydrogen-bond donors (Lipinski definition) is 0. The van der Waals surface area contributed by atoms with Crippen LogP contribution in [0.15, 0.2) is 52.9 Å². The molecule has 0 unspecified atom stereocenters. The molecule has 5 rings (SSSR count). The van der Waals surface area contributed by atoms with Crippen molar-refractivity contribution in [3.05, 3.63) is 52.9 Å². The zero-order chi connectivity index (χ0) is 20.0. The number of hydrogen-bond acceptors (Lipinski definition) is 5. The van der Waals surface area contributed by atoms with Gasteiger partial charge in [-0.25, -0.2) is 4.79 Å². The predicted octanol–water partition coefficient (Wildman–Crippen LogP) is 2.96. The number of methoxy groups -OCH3 is 1. The van der Waals surface area contributed by atoms with Crippen LogP contribution in [0.3, 0.4) is 0 Å². The number of halogens is 1. The molecular weight excluding hydrogens is 392 g/mol. The first kappa shape index (κ1) is 18.4. The number of anilines is 1. The maximum absolute atomic E-state index is 13.1. The van der Waals surface area contributed by atoms with Crippen molar-refractivity contribution >= 4 is 23.4 Å². The molecule has 2 amide bonds. The molecule has 7 nitrogen and oxygen atoms in total. The van der Waals surface area contributed by atoms with Crippen molar-refractivity contribution in [3.63, 3.8) is 0 Å². The maximum atomic E-state index is 13.1. The third-order valence-corrected chi connectivity index (χ3v) is 6.15. The lowest BCUT2D eigenvalue weighted by Crippen LogP contribution is -2.74. The zero-order valence-electron chi connectivity index (χ0n) is 16.3. The number of urea groups is 1. The first-order valence-corrected chi connectivity index (χ1v) is 10.2. The summed E-state index contributed by atoms with van der Waals surface area (Å²) in [5.74, 6) is 2.29. The minimum absolute atomic E-state index is 0.0421. The molecule has 0 saturated carbocycles. The van der Waals surface area contributed by atoms with Gasteiger partial charge >= 0.3 is 6.03 Å². The number of allylic oxidation sites excluding steroid dienone is 4. The SMILES string of the molecule is COc1cccc(N2CC3(CN(C(=O)N4CCOC5=CCC(Cl)=CC=C54)C3)C2)n1. The molecule has 1 aromatic rings. The molecule has 152 valence electrons. The van der Waals surface area contributed by atoms with Crippen LogP contribution in [0.5, 0.6) is 5.88 Å². The summed E-state index contributed by atoms with van der Waals surface area (Å²) in [6.07, 6.45) is 6.30. The van der Waals surface area contributed by atoms with Crippen molar-refractivity contribution in [1.29, 1.82) is 0 Å². The second-order valence-corrected chi connectivity index (χ2v) is 8.46. The summed E-state index contributed by atoms with van der Waals surface area (Å²) in [6, 6.07) is 5.84. The average Bonchev–Trinajstić information content (AvgIpc) is 2.87. The molecule has 29 heavy (non-hydrogen) atoms. The Morgan fingerprint density at radius 1 is 1.24 bits per heavy atom. The lowest BCUT2D eigenvalue weighted by Gasteiger charge is -2.60. The number of ether oxygens (including phenoxy) is 2. The number of carbonyl (C=O) groups excluding carboxylic acids is 1. The van der Waals surface area contributed by atoms with E-state index in [2.05, 4.69) is 9.88 Å². The van der Waals surface area contributed by atoms with E-state index in [-0.39, 0.29) is 11.4 Å². The summed E-state index contributed by atoms with van der Waals surface area (Å²) in [4.78, 5) is 23.6. The first-order valence-electron chi connectivity index (χ1n) is 9.79. The molecular formula is C21H23ClN4O3. The zero-order valence-corrected chi connectivity index (χ0v) is 17.1. The van der Waals surface area contributed by atoms with E-state index >= 15 is 0 Å². The minimum atomic E-state index is 0.0421. The molecule has 1 spiro atoms. The Bertz CT molecular complexity index is 928. The Hall–Kier alpha value is -2.67. The topological polar surface area (TPSA) is 58.1 Å². The fraction of sp³-hybridized carbons (Fsp3) is 0.429. The highest BCUT2D eigenvalue weighted by Gasteiger charge is 2.54. The van der Waals surface area contributed by atoms with Crippen LogP contribution in [0.2, 0.25) is 0 Å². The first-order chi connectivity index (χ1) is 14.1. The summed E-state index contributed by atoms with van der Waals surface area (Å²) in [6.45, 7) is 4.41. The van der Waals surface area contributed by atoms with Gasteiger partial charge in [-0.2, -0.15) is 4.98 Å². The van der Waals surface area contributed by atoms with Gasteiger partial charge in [0, 0.05) is 49.1 Å². The van der Waals surface area contributed by atoms with E-state index in [1.807, 2.05) is 46.2 Å². The number of morpholine rings is 1. The van der Waals surface area contributed by atoms with Gasteiger partial charge in [0.15, 0.2) is 0 Å². The molecule has 0 atom stereocenters. The fourth-order valence-corrected chi connectivity index (χ4v) is 4.56. The van der Waals surface area contributed by atoms with Gasteiger partial charge in [-0.15, -0.1) is 0 Å². The van der Waals surface area contributed by atoms with Crippen molar-refractivity contribution in [3.8, 4) is 5.88 Å². The second-order valence-electron chi connectivity index (χ2n) is 7.97. The Morgan fingerprint density at radius 3 is 2.86 bits per heavy atom. The van der Waals surface area contributed by atoms with Crippen LogP contribution in [0.1, 0.15) is 6.42 Å². The lowest BCUT2D eigenvalue weighted by atomic mass is 9.73. The molecule has 4 heterocycles. The molecule has 3 aliphatic heterocycles. The standard InChI is InChI=1S/C21H23ClN4O3/c1-28-19-4-2-3-18(23-19)24-11-21(12-24)13-25(14-21)20(27)26-9-10-29-17-8-6-15(22)5-7-16(17)26/h2-5,7-8H,6,9-14H2,1H3. The monoisotopic (exact) mass is 414 g/mol. The lowest BCUT2D eigenvalue weighted by molar-refractivity contribution is -0.00592. The molecule has 1 aliphatic carbocycles. The van der Waals surface area contributed by atoms with Crippen molar-refractivity contribution < 1.29 is 14.3 Å². The predicted molar refractivity (Wildman–Crippen MR) is 110 cm³/mol. The van der Waals surface area contributed by atoms with Crippen LogP contribution < -0.4 is 9.64 Å². The van der Waals surface area contributed by atoms with Gasteiger partial charge in [0.1, 0.15) is 18.2 Å². The number of likely N-dealkylation sites (tertiary alicyclic amines) is 1. The second kappa shape index (κ2) is 6.99. The Morgan fingerprint density at radius 2 is 2.07 bits per heavy atom. The highest BCUT2D eigenvalue weighted by molar-refractivity contribution is 6.29. The highest BCUT2D eigenvalue weighted by atomic mass is 35.5. The molecule has 0 bridgehead atoms. The Kier molecular flexibility index (Phi) is 4.42. The van der Waals surface area contributed by atoms with Crippen molar-refractivity contribution in [2.45, 2.75) is 6.42 Å². The molecule has 0 aromatic carbocycles. The van der Waals surface area contributed by atoms with Crippen molar-refractivity contribution in [2.75, 3.05) is 51.3 Å². The van der Waals surface area contributed by atoms with Gasteiger partial charge < -0.3 is 19.3 Å². The Balaban J connectivity index is 1.22. The third-order valence-electron chi connectivity index (χ3n) is 5.87. The van der Waals surface area contributed by atoms with E-state index in [1.165, 1.54) is 0 Å². The quantitative estimate of drug-likeness (QED) is 0.744. The normalized spacial score (nSPS) is 22.3. The smallest absolute Gasteiger partial charge is 0.324 e. The van der Waals surface area contributed by atoms with E-state index < -0.39 is 0 Å². The van der Waals surface area contributed by atoms with E-state index in [0.29, 0.717) is 25.5 Å². The summed E-state index contributed by atoms with van der Waals surface area (Å²) in [5, 5.41) is 0.735. The van der Waals surface area contributed by atoms with E-state index in [0.717, 1.165) is 48.5 Å². The average molecular weight is 415 g/mol. The van der Waals surface area contributed by atoms with Crippen molar-refractivity contribution in [1.82, 2.24) is 14.8 Å². The summed E-state index contributed by atoms with van der Waals surface area (Å²) >= 11 is 6.15. The maximum Gasteiger partial charge on any atom is 0.324 e. The number of amides is 2. The van der Waals surface area contributed by atoms with Crippen LogP contribution in [-0.2, 0) is 4.74 Å². The summed E-state index contributed by atoms with van der Waals surface area (Å²) < 4.78 is 11.0. The fourth-order valence-electron chi connectivity index (χ4n) is 4.42. The van der Waals surface area contributed by atoms with Gasteiger partial charge in [-0.1, -0.05) is 17.7 Å². The number of nitrogens with zero attached hydrogens (tertiary/aromatic N) is 4. The van der Waals surface area contributed by atoms with Crippen LogP contribution >= 0.6 is 11.6 Å². The van der Waals surface area contributed by atoms with E-state index in [1.54, 1.807) is 7.11 Å². The van der Waals surface area contributed by atoms with Gasteiger partial charge in [0.25, 0.3) is 0 Å². The molecule has 1 aromatic heterocycles. The number of rotatable bonds is 2. The van der Waals surface area contributed by atoms with Crippen LogP contribution in [0.25, 0.3) is 0 Å². The van der Waals surface area contributed by atoms with Gasteiger partial charge in [-0.05, 0) is 24.3 Å². The molecule has 0 radical (unpaired) electrons. The number of fused-ring (bicyclic) bond motifs is 1. The van der Waals surface area contributed by atoms with Gasteiger partial charge in [0.05, 0.1) is 19.4 Å². The highest BCUT2D eigenvalue weighted by Crippen LogP contribution is 2.42. The Labute approximate surface area is 174 Å². The number of carbonyl (C=O) groups is 1.